The van der Waals surface area contributed by atoms with Crippen LogP contribution in [0.4, 0.5) is 5.69 Å². The first-order valence-corrected chi connectivity index (χ1v) is 17.3. The van der Waals surface area contributed by atoms with Gasteiger partial charge in [-0.25, -0.2) is 8.42 Å². The van der Waals surface area contributed by atoms with Crippen LogP contribution in [0.3, 0.4) is 0 Å². The smallest absolute Gasteiger partial charge is 0.244 e. The van der Waals surface area contributed by atoms with E-state index in [-0.39, 0.29) is 40.6 Å². The van der Waals surface area contributed by atoms with Crippen LogP contribution in [0.5, 0.6) is 0 Å². The second-order valence-corrected chi connectivity index (χ2v) is 14.3. The van der Waals surface area contributed by atoms with Crippen molar-refractivity contribution >= 4 is 73.9 Å². The van der Waals surface area contributed by atoms with E-state index in [0.29, 0.717) is 15.6 Å². The van der Waals surface area contributed by atoms with E-state index in [4.69, 9.17) is 46.4 Å². The molecular formula is C31H33Cl4N3O4S. The Bertz CT molecular complexity index is 1530. The molecule has 0 saturated heterocycles. The molecule has 1 N–H and O–H groups in total. The molecule has 3 aromatic rings. The number of carbonyl (C=O) groups excluding carboxylic acids is 2. The third-order valence-corrected chi connectivity index (χ3v) is 9.56. The highest BCUT2D eigenvalue weighted by Gasteiger charge is 2.34. The number of hydrogen-bond acceptors (Lipinski definition) is 4. The van der Waals surface area contributed by atoms with Crippen LogP contribution < -0.4 is 9.62 Å². The fourth-order valence-electron chi connectivity index (χ4n) is 5.23. The first-order valence-electron chi connectivity index (χ1n) is 13.9. The molecule has 2 amide bonds. The van der Waals surface area contributed by atoms with E-state index in [0.717, 1.165) is 48.2 Å². The number of nitrogens with one attached hydrogen (secondary N) is 1. The van der Waals surface area contributed by atoms with Crippen LogP contribution in [0.1, 0.15) is 43.2 Å². The zero-order valence-corrected chi connectivity index (χ0v) is 27.5. The summed E-state index contributed by atoms with van der Waals surface area (Å²) in [4.78, 5) is 29.7. The van der Waals surface area contributed by atoms with Crippen molar-refractivity contribution in [3.05, 3.63) is 97.9 Å². The van der Waals surface area contributed by atoms with Gasteiger partial charge in [0.05, 0.1) is 11.9 Å². The lowest BCUT2D eigenvalue weighted by Gasteiger charge is -2.35. The van der Waals surface area contributed by atoms with Crippen molar-refractivity contribution in [2.75, 3.05) is 17.1 Å². The molecule has 43 heavy (non-hydrogen) atoms. The Balaban J connectivity index is 1.76. The monoisotopic (exact) mass is 683 g/mol. The molecule has 0 heterocycles. The fraction of sp³-hybridized carbons (Fsp3) is 0.355. The highest BCUT2D eigenvalue weighted by atomic mass is 35.5. The average molecular weight is 686 g/mol. The van der Waals surface area contributed by atoms with Gasteiger partial charge in [-0.05, 0) is 54.3 Å². The molecule has 3 aromatic carbocycles. The van der Waals surface area contributed by atoms with Crippen molar-refractivity contribution in [3.8, 4) is 0 Å². The first kappa shape index (κ1) is 33.4. The number of hydrogen-bond donors (Lipinski definition) is 1. The van der Waals surface area contributed by atoms with Gasteiger partial charge in [0, 0.05) is 39.1 Å². The molecule has 0 aromatic heterocycles. The lowest BCUT2D eigenvalue weighted by molar-refractivity contribution is -0.140. The molecule has 0 bridgehead atoms. The zero-order valence-electron chi connectivity index (χ0n) is 23.6. The quantitative estimate of drug-likeness (QED) is 0.232. The van der Waals surface area contributed by atoms with Crippen molar-refractivity contribution < 1.29 is 18.0 Å². The van der Waals surface area contributed by atoms with Crippen molar-refractivity contribution in [1.29, 1.82) is 0 Å². The molecule has 1 saturated carbocycles. The van der Waals surface area contributed by atoms with E-state index in [9.17, 15) is 18.0 Å². The number of halogens is 4. The Morgan fingerprint density at radius 1 is 0.884 bits per heavy atom. The Hall–Kier alpha value is -2.49. The second kappa shape index (κ2) is 15.0. The van der Waals surface area contributed by atoms with Gasteiger partial charge >= 0.3 is 0 Å². The molecule has 1 aliphatic rings. The van der Waals surface area contributed by atoms with Crippen LogP contribution in [-0.2, 0) is 32.6 Å². The maximum atomic E-state index is 14.3. The van der Waals surface area contributed by atoms with Crippen LogP contribution in [0, 0.1) is 0 Å². The van der Waals surface area contributed by atoms with Crippen molar-refractivity contribution in [2.24, 2.45) is 0 Å². The van der Waals surface area contributed by atoms with E-state index in [1.807, 2.05) is 30.3 Å². The first-order chi connectivity index (χ1) is 20.4. The van der Waals surface area contributed by atoms with Crippen molar-refractivity contribution in [1.82, 2.24) is 10.2 Å². The Morgan fingerprint density at radius 2 is 1.53 bits per heavy atom. The van der Waals surface area contributed by atoms with Crippen molar-refractivity contribution in [2.45, 2.75) is 57.2 Å². The summed E-state index contributed by atoms with van der Waals surface area (Å²) in [6, 6.07) is 17.6. The van der Waals surface area contributed by atoms with Gasteiger partial charge in [0.15, 0.2) is 0 Å². The number of benzene rings is 3. The van der Waals surface area contributed by atoms with Gasteiger partial charge in [-0.3, -0.25) is 13.9 Å². The van der Waals surface area contributed by atoms with Gasteiger partial charge in [-0.1, -0.05) is 102 Å². The van der Waals surface area contributed by atoms with Gasteiger partial charge < -0.3 is 10.2 Å². The van der Waals surface area contributed by atoms with Crippen LogP contribution in [0.2, 0.25) is 20.1 Å². The normalized spacial score (nSPS) is 14.6. The Labute approximate surface area is 273 Å². The minimum absolute atomic E-state index is 0.00304. The van der Waals surface area contributed by atoms with E-state index in [2.05, 4.69) is 5.32 Å². The minimum Gasteiger partial charge on any atom is -0.352 e. The van der Waals surface area contributed by atoms with Gasteiger partial charge in [0.25, 0.3) is 0 Å². The standard InChI is InChI=1S/C31H33Cl4N3O4S/c1-43(41,42)38(27-16-24(33)15-25(34)17-27)20-30(39)37(19-22-12-13-23(32)18-28(22)35)29(14-21-8-4-2-5-9-21)31(40)36-26-10-6-3-7-11-26/h2,4-5,8-9,12-13,15-18,26,29H,3,6-7,10-11,14,19-20H2,1H3,(H,36,40)/t29-/m1/s1. The maximum Gasteiger partial charge on any atom is 0.244 e. The third-order valence-electron chi connectivity index (χ3n) is 7.39. The number of carbonyl (C=O) groups is 2. The molecule has 12 heteroatoms. The predicted octanol–water partition coefficient (Wildman–Crippen LogP) is 7.16. The van der Waals surface area contributed by atoms with E-state index >= 15 is 0 Å². The molecule has 1 atom stereocenters. The summed E-state index contributed by atoms with van der Waals surface area (Å²) < 4.78 is 26.9. The van der Waals surface area contributed by atoms with E-state index in [1.54, 1.807) is 18.2 Å². The predicted molar refractivity (Wildman–Crippen MR) is 175 cm³/mol. The van der Waals surface area contributed by atoms with Crippen molar-refractivity contribution in [3.63, 3.8) is 0 Å². The number of nitrogens with zero attached hydrogens (tertiary/aromatic N) is 2. The summed E-state index contributed by atoms with van der Waals surface area (Å²) in [7, 11) is -3.97. The summed E-state index contributed by atoms with van der Waals surface area (Å²) in [5.74, 6) is -0.918. The lowest BCUT2D eigenvalue weighted by atomic mass is 9.94. The Morgan fingerprint density at radius 3 is 2.14 bits per heavy atom. The summed E-state index contributed by atoms with van der Waals surface area (Å²) in [5.41, 5.74) is 1.52. The topological polar surface area (TPSA) is 86.8 Å². The molecule has 0 unspecified atom stereocenters. The average Bonchev–Trinajstić information content (AvgIpc) is 2.94. The third kappa shape index (κ3) is 9.50. The fourth-order valence-corrected chi connectivity index (χ4v) is 7.04. The highest BCUT2D eigenvalue weighted by molar-refractivity contribution is 7.92. The molecular weight excluding hydrogens is 652 g/mol. The molecule has 4 rings (SSSR count). The SMILES string of the molecule is CS(=O)(=O)N(CC(=O)N(Cc1ccc(Cl)cc1Cl)[C@H](Cc1ccccc1)C(=O)NC1CCCCC1)c1cc(Cl)cc(Cl)c1. The summed E-state index contributed by atoms with van der Waals surface area (Å²) in [6.45, 7) is -0.652. The lowest BCUT2D eigenvalue weighted by Crippen LogP contribution is -2.55. The molecule has 1 fully saturated rings. The summed E-state index contributed by atoms with van der Waals surface area (Å²) in [5, 5.41) is 4.32. The maximum absolute atomic E-state index is 14.3. The van der Waals surface area contributed by atoms with E-state index in [1.165, 1.54) is 23.1 Å². The summed E-state index contributed by atoms with van der Waals surface area (Å²) >= 11 is 25.0. The molecule has 0 spiro atoms. The number of rotatable bonds is 11. The zero-order chi connectivity index (χ0) is 31.1. The van der Waals surface area contributed by atoms with Crippen LogP contribution in [0.25, 0.3) is 0 Å². The molecule has 230 valence electrons. The number of sulfonamides is 1. The minimum atomic E-state index is -3.97. The van der Waals surface area contributed by atoms with E-state index < -0.39 is 28.5 Å². The summed E-state index contributed by atoms with van der Waals surface area (Å²) in [6.07, 6.45) is 6.07. The van der Waals surface area contributed by atoms with Crippen LogP contribution in [-0.4, -0.2) is 50.0 Å². The Kier molecular flexibility index (Phi) is 11.6. The molecule has 1 aliphatic carbocycles. The van der Waals surface area contributed by atoms with Gasteiger partial charge in [-0.15, -0.1) is 0 Å². The van der Waals surface area contributed by atoms with Crippen LogP contribution in [0.15, 0.2) is 66.7 Å². The van der Waals surface area contributed by atoms with Gasteiger partial charge in [-0.2, -0.15) is 0 Å². The van der Waals surface area contributed by atoms with Gasteiger partial charge in [0.2, 0.25) is 21.8 Å². The van der Waals surface area contributed by atoms with Gasteiger partial charge in [0.1, 0.15) is 12.6 Å². The number of amides is 2. The second-order valence-electron chi connectivity index (χ2n) is 10.7. The molecule has 0 aliphatic heterocycles. The largest absolute Gasteiger partial charge is 0.352 e. The van der Waals surface area contributed by atoms with Crippen LogP contribution >= 0.6 is 46.4 Å². The molecule has 0 radical (unpaired) electrons. The molecule has 7 nitrogen and oxygen atoms in total. The highest BCUT2D eigenvalue weighted by Crippen LogP contribution is 2.29. The number of anilines is 1.